The first-order valence-electron chi connectivity index (χ1n) is 10.7. The molecule has 3 N–H and O–H groups in total. The number of alkyl halides is 2. The van der Waals surface area contributed by atoms with E-state index >= 15 is 0 Å². The maximum absolute atomic E-state index is 14.3. The van der Waals surface area contributed by atoms with Crippen molar-refractivity contribution in [2.75, 3.05) is 18.4 Å². The molecule has 3 aromatic heterocycles. The molecule has 0 saturated carbocycles. The van der Waals surface area contributed by atoms with E-state index < -0.39 is 12.5 Å². The second-order valence-electron chi connectivity index (χ2n) is 7.44. The van der Waals surface area contributed by atoms with Gasteiger partial charge in [0.1, 0.15) is 5.69 Å². The van der Waals surface area contributed by atoms with Crippen LogP contribution in [0, 0.1) is 6.92 Å². The number of hydrogen-bond donors (Lipinski definition) is 3. The highest BCUT2D eigenvalue weighted by atomic mass is 19.3. The zero-order valence-electron chi connectivity index (χ0n) is 18.6. The number of aryl methyl sites for hydroxylation is 2. The van der Waals surface area contributed by atoms with E-state index in [1.165, 1.54) is 18.3 Å². The molecule has 0 radical (unpaired) electrons. The van der Waals surface area contributed by atoms with Crippen LogP contribution in [0.4, 0.5) is 14.7 Å². The second-order valence-corrected chi connectivity index (χ2v) is 7.44. The number of H-pyrrole nitrogens is 1. The van der Waals surface area contributed by atoms with Crippen molar-refractivity contribution in [2.45, 2.75) is 46.1 Å². The van der Waals surface area contributed by atoms with Crippen LogP contribution in [0.25, 0.3) is 6.08 Å². The summed E-state index contributed by atoms with van der Waals surface area (Å²) in [7, 11) is 0. The van der Waals surface area contributed by atoms with Crippen LogP contribution in [0.2, 0.25) is 0 Å². The fourth-order valence-electron chi connectivity index (χ4n) is 3.29. The number of allylic oxidation sites excluding steroid dienone is 1. The molecule has 0 aliphatic rings. The average Bonchev–Trinajstić information content (AvgIpc) is 3.19. The molecule has 0 saturated heterocycles. The SMILES string of the molecule is C/C=C\c1c(CC)n[nH]c1CNCCc1nc(NCC(F)(F)c2ccccn2)ncc1C. The zero-order chi connectivity index (χ0) is 23.0. The maximum atomic E-state index is 14.3. The third kappa shape index (κ3) is 5.94. The van der Waals surface area contributed by atoms with E-state index in [-0.39, 0.29) is 11.6 Å². The molecular weight excluding hydrogens is 412 g/mol. The van der Waals surface area contributed by atoms with Gasteiger partial charge in [-0.2, -0.15) is 13.9 Å². The average molecular weight is 442 g/mol. The summed E-state index contributed by atoms with van der Waals surface area (Å²) < 4.78 is 28.7. The van der Waals surface area contributed by atoms with E-state index in [4.69, 9.17) is 0 Å². The summed E-state index contributed by atoms with van der Waals surface area (Å²) in [5.41, 5.74) is 4.65. The molecule has 170 valence electrons. The van der Waals surface area contributed by atoms with Gasteiger partial charge in [-0.25, -0.2) is 9.97 Å². The maximum Gasteiger partial charge on any atom is 0.306 e. The van der Waals surface area contributed by atoms with Crippen molar-refractivity contribution in [3.8, 4) is 0 Å². The van der Waals surface area contributed by atoms with Crippen LogP contribution in [0.15, 0.2) is 36.7 Å². The fourth-order valence-corrected chi connectivity index (χ4v) is 3.29. The molecule has 0 aliphatic heterocycles. The van der Waals surface area contributed by atoms with Crippen molar-refractivity contribution in [2.24, 2.45) is 0 Å². The molecule has 7 nitrogen and oxygen atoms in total. The van der Waals surface area contributed by atoms with Gasteiger partial charge in [-0.05, 0) is 38.0 Å². The number of halogens is 2. The quantitative estimate of drug-likeness (QED) is 0.389. The van der Waals surface area contributed by atoms with Gasteiger partial charge in [-0.15, -0.1) is 0 Å². The van der Waals surface area contributed by atoms with Crippen molar-refractivity contribution in [3.63, 3.8) is 0 Å². The predicted molar refractivity (Wildman–Crippen MR) is 121 cm³/mol. The summed E-state index contributed by atoms with van der Waals surface area (Å²) in [6.07, 6.45) is 8.58. The topological polar surface area (TPSA) is 91.4 Å². The minimum atomic E-state index is -3.12. The summed E-state index contributed by atoms with van der Waals surface area (Å²) in [4.78, 5) is 12.3. The van der Waals surface area contributed by atoms with Crippen molar-refractivity contribution < 1.29 is 8.78 Å². The Morgan fingerprint density at radius 2 is 2.03 bits per heavy atom. The molecular formula is C23H29F2N7. The van der Waals surface area contributed by atoms with E-state index in [9.17, 15) is 8.78 Å². The molecule has 3 aromatic rings. The van der Waals surface area contributed by atoms with Gasteiger partial charge in [0.2, 0.25) is 5.95 Å². The number of nitrogens with zero attached hydrogens (tertiary/aromatic N) is 4. The van der Waals surface area contributed by atoms with Crippen LogP contribution in [0.1, 0.15) is 47.8 Å². The fraction of sp³-hybridized carbons (Fsp3) is 0.391. The predicted octanol–water partition coefficient (Wildman–Crippen LogP) is 4.03. The molecule has 0 aliphatic carbocycles. The molecule has 0 aromatic carbocycles. The molecule has 3 heterocycles. The van der Waals surface area contributed by atoms with E-state index in [1.54, 1.807) is 12.3 Å². The lowest BCUT2D eigenvalue weighted by atomic mass is 10.1. The van der Waals surface area contributed by atoms with Crippen molar-refractivity contribution in [3.05, 3.63) is 70.6 Å². The summed E-state index contributed by atoms with van der Waals surface area (Å²) in [6, 6.07) is 4.45. The second kappa shape index (κ2) is 10.9. The van der Waals surface area contributed by atoms with Crippen molar-refractivity contribution in [1.29, 1.82) is 0 Å². The molecule has 0 spiro atoms. The lowest BCUT2D eigenvalue weighted by molar-refractivity contribution is 0.00582. The minimum Gasteiger partial charge on any atom is -0.348 e. The molecule has 0 fully saturated rings. The van der Waals surface area contributed by atoms with Crippen LogP contribution in [0.3, 0.4) is 0 Å². The van der Waals surface area contributed by atoms with Crippen LogP contribution in [-0.2, 0) is 25.3 Å². The van der Waals surface area contributed by atoms with E-state index in [2.05, 4.69) is 48.8 Å². The third-order valence-electron chi connectivity index (χ3n) is 5.06. The van der Waals surface area contributed by atoms with Gasteiger partial charge in [0.25, 0.3) is 0 Å². The van der Waals surface area contributed by atoms with Crippen molar-refractivity contribution in [1.82, 2.24) is 30.5 Å². The zero-order valence-corrected chi connectivity index (χ0v) is 18.6. The highest BCUT2D eigenvalue weighted by Crippen LogP contribution is 2.26. The minimum absolute atomic E-state index is 0.178. The number of aromatic nitrogens is 5. The van der Waals surface area contributed by atoms with Crippen LogP contribution in [-0.4, -0.2) is 38.2 Å². The van der Waals surface area contributed by atoms with Crippen LogP contribution in [0.5, 0.6) is 0 Å². The monoisotopic (exact) mass is 441 g/mol. The van der Waals surface area contributed by atoms with E-state index in [0.29, 0.717) is 19.5 Å². The summed E-state index contributed by atoms with van der Waals surface area (Å²) in [6.45, 7) is 6.68. The first-order valence-corrected chi connectivity index (χ1v) is 10.7. The third-order valence-corrected chi connectivity index (χ3v) is 5.06. The molecule has 32 heavy (non-hydrogen) atoms. The van der Waals surface area contributed by atoms with Crippen LogP contribution < -0.4 is 10.6 Å². The summed E-state index contributed by atoms with van der Waals surface area (Å²) >= 11 is 0. The number of nitrogens with one attached hydrogen (secondary N) is 3. The molecule has 0 unspecified atom stereocenters. The molecule has 0 bridgehead atoms. The van der Waals surface area contributed by atoms with Crippen molar-refractivity contribution >= 4 is 12.0 Å². The Labute approximate surface area is 186 Å². The van der Waals surface area contributed by atoms with Crippen LogP contribution >= 0.6 is 0 Å². The Balaban J connectivity index is 1.55. The molecule has 0 amide bonds. The number of aromatic amines is 1. The normalized spacial score (nSPS) is 11.9. The van der Waals surface area contributed by atoms with E-state index in [1.807, 2.05) is 19.9 Å². The molecule has 9 heteroatoms. The lowest BCUT2D eigenvalue weighted by Crippen LogP contribution is -2.26. The highest BCUT2D eigenvalue weighted by molar-refractivity contribution is 5.54. The Morgan fingerprint density at radius 1 is 1.19 bits per heavy atom. The van der Waals surface area contributed by atoms with Gasteiger partial charge in [-0.1, -0.05) is 25.1 Å². The molecule has 0 atom stereocenters. The Hall–Kier alpha value is -3.20. The van der Waals surface area contributed by atoms with Gasteiger partial charge in [0.15, 0.2) is 0 Å². The summed E-state index contributed by atoms with van der Waals surface area (Å²) in [5, 5.41) is 13.5. The number of anilines is 1. The Morgan fingerprint density at radius 3 is 2.75 bits per heavy atom. The Kier molecular flexibility index (Phi) is 7.99. The number of rotatable bonds is 11. The first-order chi connectivity index (χ1) is 15.4. The highest BCUT2D eigenvalue weighted by Gasteiger charge is 2.33. The van der Waals surface area contributed by atoms with Gasteiger partial charge >= 0.3 is 5.92 Å². The van der Waals surface area contributed by atoms with Gasteiger partial charge in [0.05, 0.1) is 23.6 Å². The molecule has 3 rings (SSSR count). The largest absolute Gasteiger partial charge is 0.348 e. The summed E-state index contributed by atoms with van der Waals surface area (Å²) in [5.74, 6) is -2.94. The van der Waals surface area contributed by atoms with Gasteiger partial charge < -0.3 is 10.6 Å². The van der Waals surface area contributed by atoms with Gasteiger partial charge in [-0.3, -0.25) is 10.1 Å². The Bertz CT molecular complexity index is 1030. The van der Waals surface area contributed by atoms with Gasteiger partial charge in [0, 0.05) is 37.5 Å². The van der Waals surface area contributed by atoms with E-state index in [0.717, 1.165) is 34.6 Å². The lowest BCUT2D eigenvalue weighted by Gasteiger charge is -2.16. The smallest absolute Gasteiger partial charge is 0.306 e. The number of pyridine rings is 1. The standard InChI is InChI=1S/C23H29F2N7/c1-4-8-17-18(5-2)31-32-20(17)14-26-12-10-19-16(3)13-28-22(30-19)29-15-23(24,25)21-9-6-7-11-27-21/h4,6-9,11,13,26H,5,10,12,14-15H2,1-3H3,(H,31,32)(H,28,29,30)/b8-4-. The first kappa shape index (κ1) is 23.5. The number of hydrogen-bond acceptors (Lipinski definition) is 6.